The second-order valence-electron chi connectivity index (χ2n) is 8.57. The normalized spacial score (nSPS) is 29.0. The highest BCUT2D eigenvalue weighted by Crippen LogP contribution is 2.49. The number of carbonyl (C=O) groups is 3. The number of thioether (sulfide) groups is 3. The lowest BCUT2D eigenvalue weighted by atomic mass is 9.92. The SMILES string of the molecule is CSC1C(C(C)O[Si](C)(C)C(C)(C)C)C(=O)N1C(C(=O)O)=C1SC(=O)C(C)S1. The number of hydrogen-bond acceptors (Lipinski definition) is 7. The first kappa shape index (κ1) is 23.9. The Morgan fingerprint density at radius 1 is 1.32 bits per heavy atom. The third-order valence-electron chi connectivity index (χ3n) is 5.56. The van der Waals surface area contributed by atoms with Gasteiger partial charge in [-0.1, -0.05) is 20.8 Å². The van der Waals surface area contributed by atoms with Crippen LogP contribution in [0.2, 0.25) is 18.1 Å². The van der Waals surface area contributed by atoms with Gasteiger partial charge in [-0.05, 0) is 50.0 Å². The molecule has 10 heteroatoms. The van der Waals surface area contributed by atoms with Gasteiger partial charge in [-0.3, -0.25) is 14.5 Å². The molecule has 158 valence electrons. The van der Waals surface area contributed by atoms with Gasteiger partial charge in [0.1, 0.15) is 0 Å². The van der Waals surface area contributed by atoms with Crippen molar-refractivity contribution in [2.75, 3.05) is 6.26 Å². The monoisotopic (exact) mass is 463 g/mol. The Bertz CT molecular complexity index is 718. The Morgan fingerprint density at radius 3 is 2.29 bits per heavy atom. The molecule has 2 rings (SSSR count). The minimum atomic E-state index is -2.06. The molecule has 0 spiro atoms. The fourth-order valence-corrected chi connectivity index (χ4v) is 7.91. The average Bonchev–Trinajstić information content (AvgIpc) is 2.86. The summed E-state index contributed by atoms with van der Waals surface area (Å²) in [4.78, 5) is 38.2. The zero-order chi connectivity index (χ0) is 21.6. The van der Waals surface area contributed by atoms with E-state index in [1.807, 2.05) is 13.2 Å². The first-order chi connectivity index (χ1) is 12.7. The fraction of sp³-hybridized carbons (Fsp3) is 0.722. The number of nitrogens with zero attached hydrogens (tertiary/aromatic N) is 1. The maximum Gasteiger partial charge on any atom is 0.354 e. The van der Waals surface area contributed by atoms with E-state index in [1.54, 1.807) is 6.92 Å². The number of β-lactam (4-membered cyclic amide) rings is 1. The van der Waals surface area contributed by atoms with Gasteiger partial charge < -0.3 is 9.53 Å². The molecule has 6 nitrogen and oxygen atoms in total. The van der Waals surface area contributed by atoms with E-state index in [1.165, 1.54) is 28.4 Å². The number of carboxylic acid groups (broad SMARTS) is 1. The Balaban J connectivity index is 2.28. The lowest BCUT2D eigenvalue weighted by Crippen LogP contribution is -2.64. The summed E-state index contributed by atoms with van der Waals surface area (Å²) in [5.41, 5.74) is -0.0761. The number of likely N-dealkylation sites (tertiary alicyclic amines) is 1. The van der Waals surface area contributed by atoms with Crippen molar-refractivity contribution in [2.24, 2.45) is 5.92 Å². The fourth-order valence-electron chi connectivity index (χ4n) is 2.92. The van der Waals surface area contributed by atoms with Crippen LogP contribution in [-0.2, 0) is 18.8 Å². The highest BCUT2D eigenvalue weighted by molar-refractivity contribution is 8.34. The molecule has 2 aliphatic rings. The van der Waals surface area contributed by atoms with Crippen molar-refractivity contribution in [2.45, 2.75) is 69.5 Å². The molecule has 28 heavy (non-hydrogen) atoms. The molecule has 1 amide bonds. The lowest BCUT2D eigenvalue weighted by Gasteiger charge is -2.50. The molecule has 2 aliphatic heterocycles. The second kappa shape index (κ2) is 8.37. The van der Waals surface area contributed by atoms with Crippen molar-refractivity contribution in [1.82, 2.24) is 4.90 Å². The van der Waals surface area contributed by atoms with Crippen molar-refractivity contribution < 1.29 is 23.9 Å². The molecule has 0 radical (unpaired) electrons. The van der Waals surface area contributed by atoms with Gasteiger partial charge in [-0.2, -0.15) is 0 Å². The van der Waals surface area contributed by atoms with E-state index in [-0.39, 0.29) is 38.5 Å². The van der Waals surface area contributed by atoms with E-state index in [2.05, 4.69) is 33.9 Å². The maximum absolute atomic E-state index is 13.0. The van der Waals surface area contributed by atoms with Crippen LogP contribution in [0.1, 0.15) is 34.6 Å². The van der Waals surface area contributed by atoms with Gasteiger partial charge >= 0.3 is 5.97 Å². The second-order valence-corrected chi connectivity index (χ2v) is 16.9. The van der Waals surface area contributed by atoms with Crippen molar-refractivity contribution in [3.63, 3.8) is 0 Å². The van der Waals surface area contributed by atoms with Crippen molar-refractivity contribution >= 4 is 60.6 Å². The summed E-state index contributed by atoms with van der Waals surface area (Å²) in [6, 6.07) is 0. The molecule has 4 unspecified atom stereocenters. The van der Waals surface area contributed by atoms with Crippen LogP contribution in [0.4, 0.5) is 0 Å². The molecule has 0 bridgehead atoms. The minimum absolute atomic E-state index is 0.0183. The molecule has 2 heterocycles. The number of rotatable bonds is 6. The molecule has 0 aromatic heterocycles. The summed E-state index contributed by atoms with van der Waals surface area (Å²) in [6.45, 7) is 14.4. The highest BCUT2D eigenvalue weighted by Gasteiger charge is 2.55. The molecule has 0 aliphatic carbocycles. The van der Waals surface area contributed by atoms with E-state index >= 15 is 0 Å². The number of carboxylic acids is 1. The summed E-state index contributed by atoms with van der Waals surface area (Å²) in [6.07, 6.45) is 1.56. The number of aliphatic carboxylic acids is 1. The first-order valence-electron chi connectivity index (χ1n) is 9.12. The molecule has 2 fully saturated rings. The molecular formula is C18H29NO5S3Si. The van der Waals surface area contributed by atoms with Gasteiger partial charge in [0.05, 0.1) is 26.9 Å². The maximum atomic E-state index is 13.0. The molecular weight excluding hydrogens is 434 g/mol. The zero-order valence-electron chi connectivity index (χ0n) is 17.6. The van der Waals surface area contributed by atoms with Crippen LogP contribution >= 0.6 is 35.3 Å². The zero-order valence-corrected chi connectivity index (χ0v) is 21.0. The highest BCUT2D eigenvalue weighted by atomic mass is 32.2. The van der Waals surface area contributed by atoms with Crippen LogP contribution in [0.15, 0.2) is 9.93 Å². The van der Waals surface area contributed by atoms with Crippen molar-refractivity contribution in [3.8, 4) is 0 Å². The smallest absolute Gasteiger partial charge is 0.354 e. The first-order valence-corrected chi connectivity index (χ1v) is 15.0. The predicted octanol–water partition coefficient (Wildman–Crippen LogP) is 4.19. The lowest BCUT2D eigenvalue weighted by molar-refractivity contribution is -0.156. The van der Waals surface area contributed by atoms with Crippen LogP contribution in [-0.4, -0.2) is 58.3 Å². The predicted molar refractivity (Wildman–Crippen MR) is 120 cm³/mol. The molecule has 0 aromatic carbocycles. The Morgan fingerprint density at radius 2 is 1.89 bits per heavy atom. The average molecular weight is 464 g/mol. The number of amides is 1. The molecule has 4 atom stereocenters. The van der Waals surface area contributed by atoms with Gasteiger partial charge in [-0.25, -0.2) is 4.79 Å². The molecule has 0 aromatic rings. The van der Waals surface area contributed by atoms with E-state index in [4.69, 9.17) is 4.43 Å². The third kappa shape index (κ3) is 4.35. The van der Waals surface area contributed by atoms with Crippen LogP contribution < -0.4 is 0 Å². The van der Waals surface area contributed by atoms with Crippen LogP contribution in [0, 0.1) is 5.92 Å². The van der Waals surface area contributed by atoms with E-state index in [0.29, 0.717) is 4.24 Å². The Kier molecular flexibility index (Phi) is 7.13. The number of hydrogen-bond donors (Lipinski definition) is 1. The topological polar surface area (TPSA) is 83.9 Å². The van der Waals surface area contributed by atoms with E-state index in [9.17, 15) is 19.5 Å². The van der Waals surface area contributed by atoms with Crippen LogP contribution in [0.5, 0.6) is 0 Å². The third-order valence-corrected chi connectivity index (χ3v) is 13.7. The largest absolute Gasteiger partial charge is 0.477 e. The van der Waals surface area contributed by atoms with Gasteiger partial charge in [0.15, 0.2) is 14.0 Å². The van der Waals surface area contributed by atoms with Crippen LogP contribution in [0.3, 0.4) is 0 Å². The molecule has 2 saturated heterocycles. The summed E-state index contributed by atoms with van der Waals surface area (Å²) in [5, 5.41) is 9.07. The summed E-state index contributed by atoms with van der Waals surface area (Å²) in [7, 11) is -2.06. The van der Waals surface area contributed by atoms with Crippen LogP contribution in [0.25, 0.3) is 0 Å². The Labute approximate surface area is 180 Å². The van der Waals surface area contributed by atoms with E-state index in [0.717, 1.165) is 11.8 Å². The van der Waals surface area contributed by atoms with Gasteiger partial charge in [0.2, 0.25) is 11.0 Å². The van der Waals surface area contributed by atoms with Gasteiger partial charge in [-0.15, -0.1) is 23.5 Å². The molecule has 1 N–H and O–H groups in total. The van der Waals surface area contributed by atoms with E-state index < -0.39 is 20.2 Å². The van der Waals surface area contributed by atoms with Gasteiger partial charge in [0.25, 0.3) is 0 Å². The summed E-state index contributed by atoms with van der Waals surface area (Å²) in [5.74, 6) is -1.83. The number of carbonyl (C=O) groups excluding carboxylic acids is 2. The summed E-state index contributed by atoms with van der Waals surface area (Å²) >= 11 is 3.57. The van der Waals surface area contributed by atoms with Crippen molar-refractivity contribution in [3.05, 3.63) is 9.93 Å². The Hall–Kier alpha value is -0.423. The standard InChI is InChI=1S/C18H29NO5S3Si/c1-9(24-28(7,8)18(3,4)5)11-13(20)19(14(11)25-6)12(15(21)22)17-26-10(2)16(23)27-17/h9-11,14H,1-8H3,(H,21,22). The summed E-state index contributed by atoms with van der Waals surface area (Å²) < 4.78 is 6.80. The molecule has 0 saturated carbocycles. The minimum Gasteiger partial charge on any atom is -0.477 e. The van der Waals surface area contributed by atoms with Crippen molar-refractivity contribution in [1.29, 1.82) is 0 Å². The quantitative estimate of drug-likeness (QED) is 0.357. The van der Waals surface area contributed by atoms with Gasteiger partial charge in [0, 0.05) is 0 Å².